The van der Waals surface area contributed by atoms with Gasteiger partial charge in [-0.2, -0.15) is 0 Å². The van der Waals surface area contributed by atoms with Crippen LogP contribution in [0.1, 0.15) is 5.56 Å². The molecular formula is C7H10Cl2FN. The monoisotopic (exact) mass is 197 g/mol. The molecule has 0 spiro atoms. The van der Waals surface area contributed by atoms with Gasteiger partial charge in [0.05, 0.1) is 0 Å². The van der Waals surface area contributed by atoms with Crippen molar-refractivity contribution in [2.75, 3.05) is 0 Å². The van der Waals surface area contributed by atoms with Crippen LogP contribution in [-0.2, 0) is 6.54 Å². The summed E-state index contributed by atoms with van der Waals surface area (Å²) >= 11 is 0. The first-order chi connectivity index (χ1) is 4.33. The average Bonchev–Trinajstić information content (AvgIpc) is 1.90. The van der Waals surface area contributed by atoms with Crippen LogP contribution in [-0.4, -0.2) is 0 Å². The Morgan fingerprint density at radius 2 is 1.55 bits per heavy atom. The minimum Gasteiger partial charge on any atom is -0.326 e. The third kappa shape index (κ3) is 4.19. The molecule has 0 heterocycles. The molecule has 4 heteroatoms. The standard InChI is InChI=1S/C7H8FN.2ClH/c8-7-3-1-6(5-9)2-4-7;;/h1-4H,5,9H2;2*1H. The van der Waals surface area contributed by atoms with Gasteiger partial charge in [0.25, 0.3) is 0 Å². The zero-order valence-electron chi connectivity index (χ0n) is 5.79. The first-order valence-electron chi connectivity index (χ1n) is 2.77. The summed E-state index contributed by atoms with van der Waals surface area (Å²) in [7, 11) is 0. The molecule has 0 amide bonds. The van der Waals surface area contributed by atoms with Crippen molar-refractivity contribution >= 4 is 24.8 Å². The Kier molecular flexibility index (Phi) is 7.74. The molecule has 1 nitrogen and oxygen atoms in total. The number of benzene rings is 1. The lowest BCUT2D eigenvalue weighted by molar-refractivity contribution is 0.627. The fraction of sp³-hybridized carbons (Fsp3) is 0.143. The molecule has 0 radical (unpaired) electrons. The molecule has 0 saturated heterocycles. The highest BCUT2D eigenvalue weighted by molar-refractivity contribution is 5.85. The van der Waals surface area contributed by atoms with Crippen LogP contribution in [0.5, 0.6) is 0 Å². The van der Waals surface area contributed by atoms with Gasteiger partial charge in [-0.1, -0.05) is 12.1 Å². The van der Waals surface area contributed by atoms with Gasteiger partial charge in [-0.3, -0.25) is 0 Å². The summed E-state index contributed by atoms with van der Waals surface area (Å²) in [4.78, 5) is 0. The molecule has 11 heavy (non-hydrogen) atoms. The van der Waals surface area contributed by atoms with Crippen molar-refractivity contribution < 1.29 is 4.39 Å². The second-order valence-electron chi connectivity index (χ2n) is 1.83. The Balaban J connectivity index is 0. The van der Waals surface area contributed by atoms with Crippen LogP contribution in [0, 0.1) is 5.82 Å². The summed E-state index contributed by atoms with van der Waals surface area (Å²) in [6, 6.07) is 6.16. The molecule has 0 fully saturated rings. The smallest absolute Gasteiger partial charge is 0.123 e. The van der Waals surface area contributed by atoms with E-state index in [1.807, 2.05) is 0 Å². The zero-order valence-corrected chi connectivity index (χ0v) is 7.42. The number of hydrogen-bond acceptors (Lipinski definition) is 1. The minimum atomic E-state index is -0.216. The van der Waals surface area contributed by atoms with Gasteiger partial charge >= 0.3 is 0 Å². The quantitative estimate of drug-likeness (QED) is 0.734. The molecule has 1 aromatic rings. The van der Waals surface area contributed by atoms with Crippen molar-refractivity contribution in [1.29, 1.82) is 0 Å². The summed E-state index contributed by atoms with van der Waals surface area (Å²) in [6.07, 6.45) is 0. The largest absolute Gasteiger partial charge is 0.326 e. The fourth-order valence-corrected chi connectivity index (χ4v) is 0.620. The molecule has 0 aliphatic carbocycles. The van der Waals surface area contributed by atoms with Gasteiger partial charge in [0, 0.05) is 6.54 Å². The molecule has 0 atom stereocenters. The molecule has 1 aromatic carbocycles. The highest BCUT2D eigenvalue weighted by Crippen LogP contribution is 2.00. The van der Waals surface area contributed by atoms with Gasteiger partial charge in [0.1, 0.15) is 5.82 Å². The second-order valence-corrected chi connectivity index (χ2v) is 1.83. The molecule has 0 saturated carbocycles. The van der Waals surface area contributed by atoms with Crippen molar-refractivity contribution in [3.63, 3.8) is 0 Å². The molecule has 0 aromatic heterocycles. The molecule has 0 unspecified atom stereocenters. The van der Waals surface area contributed by atoms with E-state index in [1.54, 1.807) is 12.1 Å². The van der Waals surface area contributed by atoms with E-state index in [0.717, 1.165) is 5.56 Å². The number of rotatable bonds is 1. The van der Waals surface area contributed by atoms with E-state index >= 15 is 0 Å². The van der Waals surface area contributed by atoms with Crippen LogP contribution in [0.15, 0.2) is 24.3 Å². The number of nitrogens with two attached hydrogens (primary N) is 1. The van der Waals surface area contributed by atoms with Gasteiger partial charge in [-0.25, -0.2) is 4.39 Å². The highest BCUT2D eigenvalue weighted by atomic mass is 35.5. The molecule has 0 bridgehead atoms. The van der Waals surface area contributed by atoms with Crippen LogP contribution in [0.2, 0.25) is 0 Å². The average molecular weight is 198 g/mol. The van der Waals surface area contributed by atoms with Gasteiger partial charge in [-0.15, -0.1) is 24.8 Å². The Bertz CT molecular complexity index is 188. The Hall–Kier alpha value is -0.310. The van der Waals surface area contributed by atoms with Gasteiger partial charge < -0.3 is 5.73 Å². The summed E-state index contributed by atoms with van der Waals surface area (Å²) in [5.74, 6) is -0.216. The van der Waals surface area contributed by atoms with E-state index in [2.05, 4.69) is 0 Å². The van der Waals surface area contributed by atoms with Crippen molar-refractivity contribution in [2.45, 2.75) is 6.54 Å². The zero-order chi connectivity index (χ0) is 6.69. The van der Waals surface area contributed by atoms with Crippen LogP contribution < -0.4 is 5.73 Å². The molecule has 64 valence electrons. The molecule has 1 rings (SSSR count). The topological polar surface area (TPSA) is 26.0 Å². The molecular weight excluding hydrogens is 188 g/mol. The number of hydrogen-bond donors (Lipinski definition) is 1. The fourth-order valence-electron chi connectivity index (χ4n) is 0.620. The summed E-state index contributed by atoms with van der Waals surface area (Å²) in [6.45, 7) is 0.472. The van der Waals surface area contributed by atoms with E-state index in [0.29, 0.717) is 6.54 Å². The third-order valence-corrected chi connectivity index (χ3v) is 1.15. The van der Waals surface area contributed by atoms with E-state index < -0.39 is 0 Å². The summed E-state index contributed by atoms with van der Waals surface area (Å²) < 4.78 is 12.2. The van der Waals surface area contributed by atoms with Crippen molar-refractivity contribution in [3.8, 4) is 0 Å². The predicted molar refractivity (Wildman–Crippen MR) is 48.8 cm³/mol. The first-order valence-corrected chi connectivity index (χ1v) is 2.77. The predicted octanol–water partition coefficient (Wildman–Crippen LogP) is 2.13. The maximum Gasteiger partial charge on any atom is 0.123 e. The maximum atomic E-state index is 12.2. The Morgan fingerprint density at radius 1 is 1.09 bits per heavy atom. The summed E-state index contributed by atoms with van der Waals surface area (Å²) in [5.41, 5.74) is 6.23. The highest BCUT2D eigenvalue weighted by Gasteiger charge is 1.87. The van der Waals surface area contributed by atoms with Crippen molar-refractivity contribution in [1.82, 2.24) is 0 Å². The third-order valence-electron chi connectivity index (χ3n) is 1.15. The van der Waals surface area contributed by atoms with Gasteiger partial charge in [0.15, 0.2) is 0 Å². The normalized spacial score (nSPS) is 7.82. The van der Waals surface area contributed by atoms with E-state index in [9.17, 15) is 4.39 Å². The van der Waals surface area contributed by atoms with Gasteiger partial charge in [-0.05, 0) is 17.7 Å². The van der Waals surface area contributed by atoms with E-state index in [4.69, 9.17) is 5.73 Å². The van der Waals surface area contributed by atoms with E-state index in [-0.39, 0.29) is 30.6 Å². The first kappa shape index (κ1) is 13.3. The molecule has 0 aliphatic heterocycles. The summed E-state index contributed by atoms with van der Waals surface area (Å²) in [5, 5.41) is 0. The SMILES string of the molecule is Cl.Cl.NCc1ccc(F)cc1. The van der Waals surface area contributed by atoms with Crippen LogP contribution in [0.25, 0.3) is 0 Å². The van der Waals surface area contributed by atoms with Crippen LogP contribution in [0.3, 0.4) is 0 Å². The Labute approximate surface area is 77.6 Å². The molecule has 2 N–H and O–H groups in total. The second kappa shape index (κ2) is 6.40. The molecule has 0 aliphatic rings. The van der Waals surface area contributed by atoms with Crippen LogP contribution in [0.4, 0.5) is 4.39 Å². The van der Waals surface area contributed by atoms with Gasteiger partial charge in [0.2, 0.25) is 0 Å². The lowest BCUT2D eigenvalue weighted by Crippen LogP contribution is -1.94. The minimum absolute atomic E-state index is 0. The maximum absolute atomic E-state index is 12.2. The Morgan fingerprint density at radius 3 is 1.91 bits per heavy atom. The van der Waals surface area contributed by atoms with Crippen molar-refractivity contribution in [2.24, 2.45) is 5.73 Å². The van der Waals surface area contributed by atoms with Crippen molar-refractivity contribution in [3.05, 3.63) is 35.6 Å². The number of halogens is 3. The van der Waals surface area contributed by atoms with E-state index in [1.165, 1.54) is 12.1 Å². The van der Waals surface area contributed by atoms with Crippen LogP contribution >= 0.6 is 24.8 Å². The lowest BCUT2D eigenvalue weighted by atomic mass is 10.2. The lowest BCUT2D eigenvalue weighted by Gasteiger charge is -1.92.